The maximum absolute atomic E-state index is 11.5. The number of nitrogens with one attached hydrogen (secondary N) is 1. The number of alkyl carbamates (subject to hydrolysis) is 1. The summed E-state index contributed by atoms with van der Waals surface area (Å²) in [6.07, 6.45) is 2.82. The molecule has 0 aliphatic heterocycles. The monoisotopic (exact) mass is 340 g/mol. The van der Waals surface area contributed by atoms with Crippen LogP contribution >= 0.6 is 0 Å². The molecule has 0 spiro atoms. The van der Waals surface area contributed by atoms with Gasteiger partial charge in [0, 0.05) is 66.0 Å². The molecule has 1 aliphatic carbocycles. The second-order valence-corrected chi connectivity index (χ2v) is 12.5. The molecular formula is C14H27KNO4Si. The number of rotatable bonds is 6. The summed E-state index contributed by atoms with van der Waals surface area (Å²) in [6, 6.07) is 0.976. The summed E-state index contributed by atoms with van der Waals surface area (Å²) in [6.45, 7) is 7.82. The minimum atomic E-state index is -1.16. The summed E-state index contributed by atoms with van der Waals surface area (Å²) in [5, 5.41) is 11.7. The molecule has 0 atom stereocenters. The molecule has 117 valence electrons. The fourth-order valence-electron chi connectivity index (χ4n) is 2.34. The van der Waals surface area contributed by atoms with Gasteiger partial charge in [0.2, 0.25) is 0 Å². The van der Waals surface area contributed by atoms with Crippen molar-refractivity contribution in [2.45, 2.75) is 51.4 Å². The maximum atomic E-state index is 11.5. The number of aliphatic carboxylic acids is 1. The average Bonchev–Trinajstić information content (AvgIpc) is 2.35. The van der Waals surface area contributed by atoms with E-state index in [9.17, 15) is 9.59 Å². The summed E-state index contributed by atoms with van der Waals surface area (Å²) in [5.74, 6) is -0.507. The van der Waals surface area contributed by atoms with E-state index >= 15 is 0 Å². The quantitative estimate of drug-likeness (QED) is 0.729. The van der Waals surface area contributed by atoms with Crippen molar-refractivity contribution in [2.75, 3.05) is 13.2 Å². The minimum absolute atomic E-state index is 0. The molecule has 1 amide bonds. The topological polar surface area (TPSA) is 75.6 Å². The molecule has 0 unspecified atom stereocenters. The number of carbonyl (C=O) groups excluding carboxylic acids is 1. The number of hydrogen-bond acceptors (Lipinski definition) is 3. The van der Waals surface area contributed by atoms with Crippen LogP contribution in [0.5, 0.6) is 0 Å². The Bertz CT molecular complexity index is 338. The van der Waals surface area contributed by atoms with Crippen LogP contribution in [0, 0.1) is 11.8 Å². The molecule has 7 heteroatoms. The molecule has 1 radical (unpaired) electrons. The van der Waals surface area contributed by atoms with Crippen LogP contribution in [-0.4, -0.2) is 89.8 Å². The predicted molar refractivity (Wildman–Crippen MR) is 86.3 cm³/mol. The van der Waals surface area contributed by atoms with Gasteiger partial charge in [0.05, 0.1) is 12.5 Å². The zero-order chi connectivity index (χ0) is 15.2. The molecule has 0 heterocycles. The number of carboxylic acids is 1. The Hall–Kier alpha value is 0.593. The Labute approximate surface area is 171 Å². The first-order valence-corrected chi connectivity index (χ1v) is 11.1. The van der Waals surface area contributed by atoms with Gasteiger partial charge in [0.1, 0.15) is 0 Å². The number of hydrogen-bond donors (Lipinski definition) is 2. The zero-order valence-corrected chi connectivity index (χ0v) is 17.9. The smallest absolute Gasteiger partial charge is 0.407 e. The Balaban J connectivity index is 0.00000400. The van der Waals surface area contributed by atoms with E-state index < -0.39 is 14.0 Å². The van der Waals surface area contributed by atoms with Crippen LogP contribution in [0.15, 0.2) is 0 Å². The largest absolute Gasteiger partial charge is 0.481 e. The van der Waals surface area contributed by atoms with Crippen molar-refractivity contribution in [2.24, 2.45) is 11.8 Å². The van der Waals surface area contributed by atoms with Gasteiger partial charge in [-0.25, -0.2) is 4.79 Å². The van der Waals surface area contributed by atoms with Crippen molar-refractivity contribution < 1.29 is 19.4 Å². The Kier molecular flexibility index (Phi) is 10.7. The third-order valence-electron chi connectivity index (χ3n) is 3.82. The van der Waals surface area contributed by atoms with Crippen LogP contribution in [0.4, 0.5) is 4.79 Å². The van der Waals surface area contributed by atoms with Crippen LogP contribution in [0.25, 0.3) is 0 Å². The zero-order valence-electron chi connectivity index (χ0n) is 13.8. The van der Waals surface area contributed by atoms with E-state index in [4.69, 9.17) is 9.84 Å². The molecule has 0 aromatic carbocycles. The molecule has 5 nitrogen and oxygen atoms in total. The third kappa shape index (κ3) is 10.1. The summed E-state index contributed by atoms with van der Waals surface area (Å²) in [7, 11) is -1.16. The molecular weight excluding hydrogens is 313 g/mol. The molecule has 1 saturated carbocycles. The maximum Gasteiger partial charge on any atom is 0.407 e. The van der Waals surface area contributed by atoms with E-state index in [-0.39, 0.29) is 63.4 Å². The van der Waals surface area contributed by atoms with E-state index in [1.807, 2.05) is 0 Å². The average molecular weight is 341 g/mol. The van der Waals surface area contributed by atoms with Gasteiger partial charge in [-0.2, -0.15) is 0 Å². The molecule has 0 saturated heterocycles. The van der Waals surface area contributed by atoms with E-state index in [1.54, 1.807) is 0 Å². The molecule has 1 rings (SSSR count). The Morgan fingerprint density at radius 3 is 2.24 bits per heavy atom. The van der Waals surface area contributed by atoms with Crippen molar-refractivity contribution in [3.63, 3.8) is 0 Å². The minimum Gasteiger partial charge on any atom is -0.481 e. The summed E-state index contributed by atoms with van der Waals surface area (Å²) in [4.78, 5) is 22.4. The van der Waals surface area contributed by atoms with Crippen molar-refractivity contribution in [3.05, 3.63) is 0 Å². The second-order valence-electron chi connectivity index (χ2n) is 6.88. The standard InChI is InChI=1S/C14H27NO4Si.K/c1-20(2,3)9-8-19-14(18)15-10-11-4-6-12(7-5-11)13(16)17;/h11-12H,4-10H2,1-3H3,(H,15,18)(H,16,17);. The van der Waals surface area contributed by atoms with Gasteiger partial charge in [0.15, 0.2) is 0 Å². The van der Waals surface area contributed by atoms with Crippen LogP contribution in [0.3, 0.4) is 0 Å². The van der Waals surface area contributed by atoms with Crippen molar-refractivity contribution >= 4 is 71.5 Å². The molecule has 1 aliphatic rings. The van der Waals surface area contributed by atoms with Gasteiger partial charge in [-0.3, -0.25) is 4.79 Å². The molecule has 2 N–H and O–H groups in total. The van der Waals surface area contributed by atoms with E-state index in [2.05, 4.69) is 25.0 Å². The van der Waals surface area contributed by atoms with E-state index in [0.717, 1.165) is 18.9 Å². The van der Waals surface area contributed by atoms with Crippen LogP contribution in [0.2, 0.25) is 25.7 Å². The summed E-state index contributed by atoms with van der Waals surface area (Å²) < 4.78 is 5.16. The number of carbonyl (C=O) groups is 2. The first kappa shape index (κ1) is 21.6. The van der Waals surface area contributed by atoms with E-state index in [1.165, 1.54) is 0 Å². The predicted octanol–water partition coefficient (Wildman–Crippen LogP) is 2.56. The number of ether oxygens (including phenoxy) is 1. The first-order valence-electron chi connectivity index (χ1n) is 7.41. The molecule has 21 heavy (non-hydrogen) atoms. The fraction of sp³-hybridized carbons (Fsp3) is 0.857. The van der Waals surface area contributed by atoms with Gasteiger partial charge >= 0.3 is 12.1 Å². The third-order valence-corrected chi connectivity index (χ3v) is 5.52. The normalized spacial score (nSPS) is 22.0. The van der Waals surface area contributed by atoms with Crippen molar-refractivity contribution in [3.8, 4) is 0 Å². The number of amides is 1. The Morgan fingerprint density at radius 2 is 1.76 bits per heavy atom. The van der Waals surface area contributed by atoms with Gasteiger partial charge in [-0.1, -0.05) is 19.6 Å². The van der Waals surface area contributed by atoms with Crippen molar-refractivity contribution in [1.82, 2.24) is 5.32 Å². The van der Waals surface area contributed by atoms with Crippen LogP contribution < -0.4 is 5.32 Å². The van der Waals surface area contributed by atoms with Gasteiger partial charge in [-0.15, -0.1) is 0 Å². The molecule has 0 bridgehead atoms. The Morgan fingerprint density at radius 1 is 1.19 bits per heavy atom. The van der Waals surface area contributed by atoms with E-state index in [0.29, 0.717) is 31.9 Å². The SMILES string of the molecule is C[Si](C)(C)CCOC(=O)NCC1CCC(C(=O)O)CC1.[K]. The molecule has 1 fully saturated rings. The fourth-order valence-corrected chi connectivity index (χ4v) is 3.06. The number of carboxylic acid groups (broad SMARTS) is 1. The van der Waals surface area contributed by atoms with Gasteiger partial charge < -0.3 is 15.2 Å². The summed E-state index contributed by atoms with van der Waals surface area (Å²) in [5.41, 5.74) is 0. The van der Waals surface area contributed by atoms with Crippen LogP contribution in [0.1, 0.15) is 25.7 Å². The van der Waals surface area contributed by atoms with Gasteiger partial charge in [-0.05, 0) is 37.6 Å². The molecule has 0 aromatic rings. The summed E-state index contributed by atoms with van der Waals surface area (Å²) >= 11 is 0. The first-order chi connectivity index (χ1) is 9.28. The van der Waals surface area contributed by atoms with Gasteiger partial charge in [0.25, 0.3) is 0 Å². The second kappa shape index (κ2) is 10.4. The van der Waals surface area contributed by atoms with Crippen LogP contribution in [-0.2, 0) is 9.53 Å². The van der Waals surface area contributed by atoms with Crippen molar-refractivity contribution in [1.29, 1.82) is 0 Å². The molecule has 0 aromatic heterocycles.